The normalized spacial score (nSPS) is 17.3. The molecule has 3 rings (SSSR count). The topological polar surface area (TPSA) is 64.3 Å². The maximum absolute atomic E-state index is 11.4. The maximum Gasteiger partial charge on any atom is 0.356 e. The van der Waals surface area contributed by atoms with Crippen LogP contribution in [0.15, 0.2) is 24.3 Å². The summed E-state index contributed by atoms with van der Waals surface area (Å²) in [5.41, 5.74) is 1.94. The second kappa shape index (κ2) is 5.24. The third-order valence-corrected chi connectivity index (χ3v) is 4.01. The number of ether oxygens (including phenoxy) is 1. The molecule has 0 spiro atoms. The van der Waals surface area contributed by atoms with Crippen molar-refractivity contribution in [1.82, 2.24) is 9.55 Å². The number of carbonyl (C=O) groups is 1. The number of hydrogen-bond donors (Lipinski definition) is 1. The zero-order valence-corrected chi connectivity index (χ0v) is 12.2. The van der Waals surface area contributed by atoms with Crippen molar-refractivity contribution in [3.8, 4) is 17.1 Å². The molecule has 5 heteroatoms. The lowest BCUT2D eigenvalue weighted by molar-refractivity contribution is 0.0689. The number of carboxylic acids is 1. The van der Waals surface area contributed by atoms with E-state index in [4.69, 9.17) is 4.74 Å². The summed E-state index contributed by atoms with van der Waals surface area (Å²) in [5, 5.41) is 9.37. The van der Waals surface area contributed by atoms with E-state index in [0.29, 0.717) is 5.92 Å². The van der Waals surface area contributed by atoms with E-state index in [2.05, 4.69) is 11.9 Å². The van der Waals surface area contributed by atoms with E-state index in [9.17, 15) is 9.90 Å². The monoisotopic (exact) mass is 286 g/mol. The molecule has 21 heavy (non-hydrogen) atoms. The van der Waals surface area contributed by atoms with Gasteiger partial charge in [-0.2, -0.15) is 0 Å². The number of rotatable bonds is 3. The Balaban J connectivity index is 2.10. The molecule has 0 bridgehead atoms. The van der Waals surface area contributed by atoms with E-state index < -0.39 is 5.97 Å². The zero-order chi connectivity index (χ0) is 15.0. The summed E-state index contributed by atoms with van der Waals surface area (Å²) in [7, 11) is 1.62. The molecular weight excluding hydrogens is 268 g/mol. The first-order chi connectivity index (χ1) is 10.1. The number of carboxylic acid groups (broad SMARTS) is 1. The fourth-order valence-corrected chi connectivity index (χ4v) is 2.85. The van der Waals surface area contributed by atoms with Crippen LogP contribution in [0.25, 0.3) is 11.4 Å². The number of aromatic nitrogens is 2. The molecule has 110 valence electrons. The minimum atomic E-state index is -0.951. The first kappa shape index (κ1) is 13.7. The highest BCUT2D eigenvalue weighted by Crippen LogP contribution is 2.30. The van der Waals surface area contributed by atoms with Crippen molar-refractivity contribution in [3.63, 3.8) is 0 Å². The lowest BCUT2D eigenvalue weighted by Gasteiger charge is -2.22. The van der Waals surface area contributed by atoms with Crippen LogP contribution in [0.3, 0.4) is 0 Å². The Bertz CT molecular complexity index is 674. The van der Waals surface area contributed by atoms with Crippen molar-refractivity contribution in [2.45, 2.75) is 26.3 Å². The Kier molecular flexibility index (Phi) is 3.41. The van der Waals surface area contributed by atoms with Crippen LogP contribution in [0.4, 0.5) is 0 Å². The van der Waals surface area contributed by atoms with Gasteiger partial charge in [0.05, 0.1) is 12.8 Å². The van der Waals surface area contributed by atoms with Gasteiger partial charge in [-0.15, -0.1) is 0 Å². The van der Waals surface area contributed by atoms with E-state index >= 15 is 0 Å². The number of imidazole rings is 1. The summed E-state index contributed by atoms with van der Waals surface area (Å²) in [4.78, 5) is 15.8. The quantitative estimate of drug-likeness (QED) is 0.942. The Hall–Kier alpha value is -2.30. The van der Waals surface area contributed by atoms with Crippen LogP contribution in [0.1, 0.15) is 29.5 Å². The molecule has 0 amide bonds. The zero-order valence-electron chi connectivity index (χ0n) is 12.2. The van der Waals surface area contributed by atoms with Gasteiger partial charge in [0.25, 0.3) is 0 Å². The number of benzene rings is 1. The third kappa shape index (κ3) is 2.39. The molecule has 1 aliphatic rings. The number of fused-ring (bicyclic) bond motifs is 1. The van der Waals surface area contributed by atoms with Gasteiger partial charge in [-0.1, -0.05) is 6.92 Å². The van der Waals surface area contributed by atoms with Gasteiger partial charge in [0.15, 0.2) is 5.69 Å². The van der Waals surface area contributed by atoms with Crippen LogP contribution >= 0.6 is 0 Å². The van der Waals surface area contributed by atoms with Gasteiger partial charge in [0.1, 0.15) is 11.6 Å². The molecule has 0 saturated heterocycles. The largest absolute Gasteiger partial charge is 0.497 e. The molecule has 1 aromatic carbocycles. The van der Waals surface area contributed by atoms with Gasteiger partial charge in [0, 0.05) is 12.1 Å². The van der Waals surface area contributed by atoms with Gasteiger partial charge < -0.3 is 14.4 Å². The Morgan fingerprint density at radius 1 is 1.38 bits per heavy atom. The van der Waals surface area contributed by atoms with Gasteiger partial charge >= 0.3 is 5.97 Å². The van der Waals surface area contributed by atoms with Crippen molar-refractivity contribution >= 4 is 5.97 Å². The molecule has 1 N–H and O–H groups in total. The van der Waals surface area contributed by atoms with Gasteiger partial charge in [0.2, 0.25) is 0 Å². The van der Waals surface area contributed by atoms with E-state index in [1.807, 2.05) is 28.8 Å². The Morgan fingerprint density at radius 3 is 2.71 bits per heavy atom. The predicted molar refractivity (Wildman–Crippen MR) is 78.7 cm³/mol. The number of aromatic carboxylic acids is 1. The highest BCUT2D eigenvalue weighted by atomic mass is 16.5. The standard InChI is InChI=1S/C16H18N2O3/c1-10-7-8-18-13(9-10)14(16(19)20)17-15(18)11-3-5-12(21-2)6-4-11/h3-6,10H,7-9H2,1-2H3,(H,19,20). The number of hydrogen-bond acceptors (Lipinski definition) is 3. The van der Waals surface area contributed by atoms with Crippen molar-refractivity contribution in [2.75, 3.05) is 7.11 Å². The molecule has 1 unspecified atom stereocenters. The summed E-state index contributed by atoms with van der Waals surface area (Å²) >= 11 is 0. The summed E-state index contributed by atoms with van der Waals surface area (Å²) in [6.07, 6.45) is 1.82. The van der Waals surface area contributed by atoms with Crippen molar-refractivity contribution in [3.05, 3.63) is 35.7 Å². The number of nitrogens with zero attached hydrogens (tertiary/aromatic N) is 2. The fourth-order valence-electron chi connectivity index (χ4n) is 2.85. The van der Waals surface area contributed by atoms with Crippen molar-refractivity contribution < 1.29 is 14.6 Å². The second-order valence-electron chi connectivity index (χ2n) is 5.51. The van der Waals surface area contributed by atoms with Gasteiger partial charge in [-0.05, 0) is 43.0 Å². The van der Waals surface area contributed by atoms with Crippen LogP contribution in [0, 0.1) is 5.92 Å². The lowest BCUT2D eigenvalue weighted by atomic mass is 9.97. The highest BCUT2D eigenvalue weighted by Gasteiger charge is 2.27. The molecule has 0 saturated carbocycles. The van der Waals surface area contributed by atoms with Gasteiger partial charge in [-0.3, -0.25) is 0 Å². The molecule has 5 nitrogen and oxygen atoms in total. The molecule has 0 fully saturated rings. The fraction of sp³-hybridized carbons (Fsp3) is 0.375. The molecule has 0 radical (unpaired) electrons. The smallest absolute Gasteiger partial charge is 0.356 e. The Morgan fingerprint density at radius 2 is 2.10 bits per heavy atom. The van der Waals surface area contributed by atoms with Crippen LogP contribution in [0.2, 0.25) is 0 Å². The predicted octanol–water partition coefficient (Wildman–Crippen LogP) is 2.84. The van der Waals surface area contributed by atoms with Crippen LogP contribution in [0.5, 0.6) is 5.75 Å². The molecule has 1 aliphatic heterocycles. The van der Waals surface area contributed by atoms with Crippen LogP contribution in [-0.4, -0.2) is 27.7 Å². The average Bonchev–Trinajstić information content (AvgIpc) is 2.86. The Labute approximate surface area is 123 Å². The lowest BCUT2D eigenvalue weighted by Crippen LogP contribution is -2.19. The minimum absolute atomic E-state index is 0.187. The van der Waals surface area contributed by atoms with E-state index in [1.165, 1.54) is 0 Å². The first-order valence-electron chi connectivity index (χ1n) is 7.07. The van der Waals surface area contributed by atoms with E-state index in [0.717, 1.165) is 42.2 Å². The molecule has 0 aliphatic carbocycles. The van der Waals surface area contributed by atoms with Crippen molar-refractivity contribution in [1.29, 1.82) is 0 Å². The molecule has 2 aromatic rings. The molecule has 2 heterocycles. The molecule has 1 atom stereocenters. The summed E-state index contributed by atoms with van der Waals surface area (Å²) in [6, 6.07) is 7.56. The van der Waals surface area contributed by atoms with Crippen LogP contribution in [-0.2, 0) is 13.0 Å². The van der Waals surface area contributed by atoms with E-state index in [-0.39, 0.29) is 5.69 Å². The van der Waals surface area contributed by atoms with Crippen molar-refractivity contribution in [2.24, 2.45) is 5.92 Å². The summed E-state index contributed by atoms with van der Waals surface area (Å²) in [6.45, 7) is 2.97. The first-order valence-corrected chi connectivity index (χ1v) is 7.07. The number of methoxy groups -OCH3 is 1. The highest BCUT2D eigenvalue weighted by molar-refractivity contribution is 5.88. The molecular formula is C16H18N2O3. The second-order valence-corrected chi connectivity index (χ2v) is 5.51. The maximum atomic E-state index is 11.4. The van der Waals surface area contributed by atoms with E-state index in [1.54, 1.807) is 7.11 Å². The summed E-state index contributed by atoms with van der Waals surface area (Å²) in [5.74, 6) is 1.05. The van der Waals surface area contributed by atoms with Crippen LogP contribution < -0.4 is 4.74 Å². The van der Waals surface area contributed by atoms with Gasteiger partial charge in [-0.25, -0.2) is 9.78 Å². The third-order valence-electron chi connectivity index (χ3n) is 4.01. The SMILES string of the molecule is COc1ccc(-c2nc(C(=O)O)c3n2CCC(C)C3)cc1. The molecule has 1 aromatic heterocycles. The minimum Gasteiger partial charge on any atom is -0.497 e. The summed E-state index contributed by atoms with van der Waals surface area (Å²) < 4.78 is 7.20. The average molecular weight is 286 g/mol.